The van der Waals surface area contributed by atoms with Crippen molar-refractivity contribution in [1.29, 1.82) is 0 Å². The second-order valence-electron chi connectivity index (χ2n) is 7.59. The third-order valence-electron chi connectivity index (χ3n) is 5.17. The standard InChI is InChI=1S/C24H23FN2O2/c1-14(2)5-4-6-16-7-12-19-20(13-16)24(29)22-21(23(19)28)15(3)26-27(22)18-10-8-17(25)9-11-18/h5,7-13,28-29H,4,6H2,1-3H3. The molecule has 1 aromatic heterocycles. The van der Waals surface area contributed by atoms with Crippen LogP contribution in [0.25, 0.3) is 27.4 Å². The van der Waals surface area contributed by atoms with Crippen LogP contribution >= 0.6 is 0 Å². The minimum atomic E-state index is -0.347. The average molecular weight is 390 g/mol. The predicted octanol–water partition coefficient (Wildman–Crippen LogP) is 5.94. The molecule has 0 unspecified atom stereocenters. The van der Waals surface area contributed by atoms with Crippen LogP contribution in [0.5, 0.6) is 11.5 Å². The van der Waals surface area contributed by atoms with Crippen LogP contribution in [0.15, 0.2) is 54.1 Å². The van der Waals surface area contributed by atoms with Crippen LogP contribution in [0, 0.1) is 12.7 Å². The van der Waals surface area contributed by atoms with Gasteiger partial charge in [-0.1, -0.05) is 23.8 Å². The Morgan fingerprint density at radius 1 is 1.03 bits per heavy atom. The maximum absolute atomic E-state index is 13.3. The van der Waals surface area contributed by atoms with Crippen molar-refractivity contribution in [3.63, 3.8) is 0 Å². The highest BCUT2D eigenvalue weighted by atomic mass is 19.1. The summed E-state index contributed by atoms with van der Waals surface area (Å²) in [6.45, 7) is 5.92. The van der Waals surface area contributed by atoms with Crippen LogP contribution < -0.4 is 0 Å². The number of benzene rings is 3. The molecule has 0 aliphatic rings. The molecule has 0 atom stereocenters. The van der Waals surface area contributed by atoms with E-state index >= 15 is 0 Å². The fraction of sp³-hybridized carbons (Fsp3) is 0.208. The molecule has 4 aromatic rings. The molecule has 2 N–H and O–H groups in total. The van der Waals surface area contributed by atoms with Crippen molar-refractivity contribution in [3.05, 3.63) is 71.2 Å². The highest BCUT2D eigenvalue weighted by Crippen LogP contribution is 2.43. The minimum absolute atomic E-state index is 0.0572. The van der Waals surface area contributed by atoms with Crippen molar-refractivity contribution in [1.82, 2.24) is 9.78 Å². The zero-order chi connectivity index (χ0) is 20.7. The topological polar surface area (TPSA) is 58.3 Å². The third kappa shape index (κ3) is 3.33. The van der Waals surface area contributed by atoms with E-state index in [0.717, 1.165) is 18.4 Å². The summed E-state index contributed by atoms with van der Waals surface area (Å²) >= 11 is 0. The molecule has 5 heteroatoms. The summed E-state index contributed by atoms with van der Waals surface area (Å²) in [5, 5.41) is 28.2. The fourth-order valence-electron chi connectivity index (χ4n) is 3.74. The molecule has 0 spiro atoms. The highest BCUT2D eigenvalue weighted by molar-refractivity contribution is 6.10. The SMILES string of the molecule is CC(C)=CCCc1ccc2c(O)c3c(C)nn(-c4ccc(F)cc4)c3c(O)c2c1. The molecular weight excluding hydrogens is 367 g/mol. The summed E-state index contributed by atoms with van der Waals surface area (Å²) in [6.07, 6.45) is 3.93. The van der Waals surface area contributed by atoms with Gasteiger partial charge in [-0.2, -0.15) is 5.10 Å². The van der Waals surface area contributed by atoms with E-state index in [2.05, 4.69) is 25.0 Å². The molecule has 3 aromatic carbocycles. The monoisotopic (exact) mass is 390 g/mol. The van der Waals surface area contributed by atoms with E-state index < -0.39 is 0 Å². The van der Waals surface area contributed by atoms with Gasteiger partial charge in [-0.3, -0.25) is 0 Å². The highest BCUT2D eigenvalue weighted by Gasteiger charge is 2.21. The number of nitrogens with zero attached hydrogens (tertiary/aromatic N) is 2. The van der Waals surface area contributed by atoms with Gasteiger partial charge in [-0.05, 0) is 69.5 Å². The Hall–Kier alpha value is -3.34. The van der Waals surface area contributed by atoms with Crippen molar-refractivity contribution >= 4 is 21.7 Å². The van der Waals surface area contributed by atoms with E-state index in [-0.39, 0.29) is 17.3 Å². The summed E-state index contributed by atoms with van der Waals surface area (Å²) in [6, 6.07) is 11.6. The summed E-state index contributed by atoms with van der Waals surface area (Å²) in [7, 11) is 0. The fourth-order valence-corrected chi connectivity index (χ4v) is 3.74. The molecule has 0 amide bonds. The molecule has 0 aliphatic heterocycles. The van der Waals surface area contributed by atoms with Crippen molar-refractivity contribution in [3.8, 4) is 17.2 Å². The van der Waals surface area contributed by atoms with Crippen LogP contribution in [0.2, 0.25) is 0 Å². The van der Waals surface area contributed by atoms with Gasteiger partial charge in [0, 0.05) is 10.8 Å². The van der Waals surface area contributed by atoms with Gasteiger partial charge in [-0.15, -0.1) is 0 Å². The number of rotatable bonds is 4. The van der Waals surface area contributed by atoms with Crippen molar-refractivity contribution in [2.45, 2.75) is 33.6 Å². The number of halogens is 1. The maximum atomic E-state index is 13.3. The molecule has 0 fully saturated rings. The second-order valence-corrected chi connectivity index (χ2v) is 7.59. The average Bonchev–Trinajstić information content (AvgIpc) is 3.04. The summed E-state index contributed by atoms with van der Waals surface area (Å²) in [5.74, 6) is -0.197. The largest absolute Gasteiger partial charge is 0.507 e. The van der Waals surface area contributed by atoms with Crippen LogP contribution in [0.4, 0.5) is 4.39 Å². The first kappa shape index (κ1) is 19.0. The number of aromatic nitrogens is 2. The first-order chi connectivity index (χ1) is 13.9. The van der Waals surface area contributed by atoms with E-state index in [0.29, 0.717) is 33.1 Å². The van der Waals surface area contributed by atoms with Gasteiger partial charge >= 0.3 is 0 Å². The van der Waals surface area contributed by atoms with E-state index in [4.69, 9.17) is 0 Å². The molecule has 0 bridgehead atoms. The van der Waals surface area contributed by atoms with Crippen LogP contribution in [-0.2, 0) is 6.42 Å². The lowest BCUT2D eigenvalue weighted by molar-refractivity contribution is 0.477. The normalized spacial score (nSPS) is 11.3. The first-order valence-corrected chi connectivity index (χ1v) is 9.62. The third-order valence-corrected chi connectivity index (χ3v) is 5.17. The number of fused-ring (bicyclic) bond motifs is 2. The van der Waals surface area contributed by atoms with Gasteiger partial charge in [0.15, 0.2) is 0 Å². The lowest BCUT2D eigenvalue weighted by Crippen LogP contribution is -1.97. The molecule has 4 nitrogen and oxygen atoms in total. The summed E-state index contributed by atoms with van der Waals surface area (Å²) in [5.41, 5.74) is 3.96. The maximum Gasteiger partial charge on any atom is 0.150 e. The van der Waals surface area contributed by atoms with Crippen molar-refractivity contribution in [2.24, 2.45) is 0 Å². The Bertz CT molecular complexity index is 1250. The van der Waals surface area contributed by atoms with Gasteiger partial charge in [-0.25, -0.2) is 9.07 Å². The number of aryl methyl sites for hydroxylation is 2. The smallest absolute Gasteiger partial charge is 0.150 e. The molecule has 1 heterocycles. The number of hydrogen-bond donors (Lipinski definition) is 2. The van der Waals surface area contributed by atoms with E-state index in [1.54, 1.807) is 23.7 Å². The molecule has 0 saturated heterocycles. The number of phenolic OH excluding ortho intramolecular Hbond substituents is 2. The van der Waals surface area contributed by atoms with Gasteiger partial charge in [0.25, 0.3) is 0 Å². The molecule has 0 aliphatic carbocycles. The van der Waals surface area contributed by atoms with E-state index in [9.17, 15) is 14.6 Å². The number of hydrogen-bond acceptors (Lipinski definition) is 3. The van der Waals surface area contributed by atoms with Crippen molar-refractivity contribution in [2.75, 3.05) is 0 Å². The number of phenols is 2. The van der Waals surface area contributed by atoms with Crippen LogP contribution in [0.3, 0.4) is 0 Å². The number of allylic oxidation sites excluding steroid dienone is 2. The van der Waals surface area contributed by atoms with Gasteiger partial charge in [0.05, 0.1) is 16.8 Å². The summed E-state index contributed by atoms with van der Waals surface area (Å²) < 4.78 is 14.9. The Balaban J connectivity index is 1.94. The van der Waals surface area contributed by atoms with Gasteiger partial charge < -0.3 is 10.2 Å². The Labute approximate surface area is 168 Å². The van der Waals surface area contributed by atoms with E-state index in [1.807, 2.05) is 18.2 Å². The molecule has 0 radical (unpaired) electrons. The number of aromatic hydroxyl groups is 2. The quantitative estimate of drug-likeness (QED) is 0.335. The molecule has 29 heavy (non-hydrogen) atoms. The second kappa shape index (κ2) is 7.24. The zero-order valence-electron chi connectivity index (χ0n) is 16.7. The summed E-state index contributed by atoms with van der Waals surface area (Å²) in [4.78, 5) is 0. The molecule has 4 rings (SSSR count). The Morgan fingerprint density at radius 3 is 2.45 bits per heavy atom. The van der Waals surface area contributed by atoms with Crippen molar-refractivity contribution < 1.29 is 14.6 Å². The Kier molecular flexibility index (Phi) is 4.74. The Morgan fingerprint density at radius 2 is 1.76 bits per heavy atom. The van der Waals surface area contributed by atoms with Crippen LogP contribution in [-0.4, -0.2) is 20.0 Å². The predicted molar refractivity (Wildman–Crippen MR) is 114 cm³/mol. The van der Waals surface area contributed by atoms with Crippen LogP contribution in [0.1, 0.15) is 31.5 Å². The van der Waals surface area contributed by atoms with E-state index in [1.165, 1.54) is 17.7 Å². The molecule has 148 valence electrons. The minimum Gasteiger partial charge on any atom is -0.507 e. The zero-order valence-corrected chi connectivity index (χ0v) is 16.7. The first-order valence-electron chi connectivity index (χ1n) is 9.62. The lowest BCUT2D eigenvalue weighted by atomic mass is 9.99. The molecule has 0 saturated carbocycles. The van der Waals surface area contributed by atoms with Gasteiger partial charge in [0.1, 0.15) is 22.8 Å². The van der Waals surface area contributed by atoms with Gasteiger partial charge in [0.2, 0.25) is 0 Å². The molecular formula is C24H23FN2O2. The lowest BCUT2D eigenvalue weighted by Gasteiger charge is -2.11.